The predicted molar refractivity (Wildman–Crippen MR) is 104 cm³/mol. The van der Waals surface area contributed by atoms with Gasteiger partial charge in [-0.15, -0.1) is 0 Å². The largest absolute Gasteiger partial charge is 0.496 e. The van der Waals surface area contributed by atoms with Gasteiger partial charge in [-0.25, -0.2) is 9.59 Å². The Labute approximate surface area is 169 Å². The Morgan fingerprint density at radius 1 is 1.15 bits per heavy atom. The van der Waals surface area contributed by atoms with Crippen LogP contribution in [-0.2, 0) is 14.3 Å². The van der Waals surface area contributed by atoms with Crippen molar-refractivity contribution in [3.05, 3.63) is 27.7 Å². The molecule has 1 fully saturated rings. The molecule has 150 valence electrons. The van der Waals surface area contributed by atoms with Gasteiger partial charge < -0.3 is 14.2 Å². The molecule has 0 saturated carbocycles. The molecule has 1 aliphatic heterocycles. The van der Waals surface area contributed by atoms with Crippen molar-refractivity contribution >= 4 is 35.3 Å². The molecule has 0 aliphatic carbocycles. The van der Waals surface area contributed by atoms with Crippen LogP contribution in [-0.4, -0.2) is 49.4 Å². The van der Waals surface area contributed by atoms with E-state index in [1.165, 1.54) is 12.0 Å². The van der Waals surface area contributed by atoms with Crippen molar-refractivity contribution < 1.29 is 23.8 Å². The zero-order chi connectivity index (χ0) is 20.4. The highest BCUT2D eigenvalue weighted by molar-refractivity contribution is 6.42. The summed E-state index contributed by atoms with van der Waals surface area (Å²) in [5.41, 5.74) is 0.200. The zero-order valence-corrected chi connectivity index (χ0v) is 17.7. The van der Waals surface area contributed by atoms with Crippen LogP contribution in [0.4, 0.5) is 4.79 Å². The summed E-state index contributed by atoms with van der Waals surface area (Å²) >= 11 is 12.3. The zero-order valence-electron chi connectivity index (χ0n) is 16.2. The fourth-order valence-electron chi connectivity index (χ4n) is 3.19. The number of nitrogens with zero attached hydrogens (tertiary/aromatic N) is 1. The molecule has 1 aliphatic rings. The first-order valence-corrected chi connectivity index (χ1v) is 9.43. The van der Waals surface area contributed by atoms with Gasteiger partial charge in [0.05, 0.1) is 24.3 Å². The second kappa shape index (κ2) is 8.57. The van der Waals surface area contributed by atoms with E-state index in [0.717, 1.165) is 5.56 Å². The van der Waals surface area contributed by atoms with Crippen LogP contribution < -0.4 is 4.74 Å². The fraction of sp³-hybridized carbons (Fsp3) is 0.579. The number of methoxy groups -OCH3 is 2. The monoisotopic (exact) mass is 417 g/mol. The van der Waals surface area contributed by atoms with Crippen LogP contribution in [0.15, 0.2) is 12.1 Å². The summed E-state index contributed by atoms with van der Waals surface area (Å²) in [7, 11) is 2.86. The number of carbonyl (C=O) groups excluding carboxylic acids is 2. The molecule has 1 aromatic carbocycles. The molecule has 1 aromatic rings. The second-order valence-electron chi connectivity index (χ2n) is 7.44. The molecular formula is C19H25Cl2NO5. The number of piperidine rings is 1. The first-order valence-electron chi connectivity index (χ1n) is 8.67. The number of hydrogen-bond acceptors (Lipinski definition) is 5. The van der Waals surface area contributed by atoms with E-state index in [1.54, 1.807) is 40.0 Å². The molecule has 1 heterocycles. The molecule has 1 amide bonds. The lowest BCUT2D eigenvalue weighted by atomic mass is 9.85. The first-order chi connectivity index (χ1) is 12.6. The van der Waals surface area contributed by atoms with Crippen molar-refractivity contribution in [2.24, 2.45) is 0 Å². The van der Waals surface area contributed by atoms with Crippen molar-refractivity contribution in [3.8, 4) is 5.75 Å². The summed E-state index contributed by atoms with van der Waals surface area (Å²) in [6, 6.07) is 2.67. The Bertz CT molecular complexity index is 717. The van der Waals surface area contributed by atoms with E-state index in [9.17, 15) is 9.59 Å². The summed E-state index contributed by atoms with van der Waals surface area (Å²) < 4.78 is 15.8. The third-order valence-corrected chi connectivity index (χ3v) is 5.14. The van der Waals surface area contributed by atoms with E-state index in [2.05, 4.69) is 0 Å². The van der Waals surface area contributed by atoms with Crippen LogP contribution >= 0.6 is 23.2 Å². The average Bonchev–Trinajstić information content (AvgIpc) is 2.60. The Kier molecular flexibility index (Phi) is 6.87. The Balaban J connectivity index is 2.30. The normalized spacial score (nSPS) is 20.2. The van der Waals surface area contributed by atoms with Gasteiger partial charge in [-0.05, 0) is 51.2 Å². The Hall–Kier alpha value is -1.66. The number of halogens is 2. The number of hydrogen-bond donors (Lipinski definition) is 0. The van der Waals surface area contributed by atoms with E-state index >= 15 is 0 Å². The highest BCUT2D eigenvalue weighted by Gasteiger charge is 2.40. The van der Waals surface area contributed by atoms with Gasteiger partial charge >= 0.3 is 12.1 Å². The van der Waals surface area contributed by atoms with Gasteiger partial charge in [-0.3, -0.25) is 4.90 Å². The molecule has 2 atom stereocenters. The second-order valence-corrected chi connectivity index (χ2v) is 8.26. The van der Waals surface area contributed by atoms with Crippen molar-refractivity contribution in [1.29, 1.82) is 0 Å². The van der Waals surface area contributed by atoms with Crippen LogP contribution in [0, 0.1) is 0 Å². The summed E-state index contributed by atoms with van der Waals surface area (Å²) in [5.74, 6) is 0.0748. The smallest absolute Gasteiger partial charge is 0.411 e. The molecule has 27 heavy (non-hydrogen) atoms. The molecule has 0 radical (unpaired) electrons. The summed E-state index contributed by atoms with van der Waals surface area (Å²) in [6.45, 7) is 5.70. The van der Waals surface area contributed by atoms with Crippen LogP contribution in [0.2, 0.25) is 10.0 Å². The van der Waals surface area contributed by atoms with E-state index in [4.69, 9.17) is 37.4 Å². The average molecular weight is 418 g/mol. The third kappa shape index (κ3) is 5.20. The lowest BCUT2D eigenvalue weighted by Crippen LogP contribution is -2.51. The van der Waals surface area contributed by atoms with Gasteiger partial charge in [0.2, 0.25) is 0 Å². The lowest BCUT2D eigenvalue weighted by Gasteiger charge is -2.38. The van der Waals surface area contributed by atoms with E-state index in [1.807, 2.05) is 0 Å². The molecule has 0 N–H and O–H groups in total. The van der Waals surface area contributed by atoms with Crippen molar-refractivity contribution in [2.75, 3.05) is 20.8 Å². The predicted octanol–water partition coefficient (Wildman–Crippen LogP) is 4.66. The lowest BCUT2D eigenvalue weighted by molar-refractivity contribution is -0.148. The summed E-state index contributed by atoms with van der Waals surface area (Å²) in [6.07, 6.45) is 0.471. The standard InChI is InChI=1S/C19H25Cl2NO5/c1-19(2,3)27-18(24)22-7-6-11(8-15(22)17(23)26-5)12-9-13(20)14(21)10-16(12)25-4/h9-11,15H,6-8H2,1-5H3. The maximum atomic E-state index is 12.5. The molecule has 1 saturated heterocycles. The minimum absolute atomic E-state index is 0.0440. The number of carbonyl (C=O) groups is 2. The molecule has 0 spiro atoms. The molecule has 8 heteroatoms. The van der Waals surface area contributed by atoms with Crippen LogP contribution in [0.5, 0.6) is 5.75 Å². The topological polar surface area (TPSA) is 65.1 Å². The first kappa shape index (κ1) is 21.6. The van der Waals surface area contributed by atoms with Crippen LogP contribution in [0.25, 0.3) is 0 Å². The maximum absolute atomic E-state index is 12.5. The number of likely N-dealkylation sites (tertiary alicyclic amines) is 1. The van der Waals surface area contributed by atoms with Crippen molar-refractivity contribution in [1.82, 2.24) is 4.90 Å². The summed E-state index contributed by atoms with van der Waals surface area (Å²) in [5, 5.41) is 0.810. The molecule has 6 nitrogen and oxygen atoms in total. The number of amides is 1. The van der Waals surface area contributed by atoms with Gasteiger partial charge in [-0.1, -0.05) is 23.2 Å². The number of rotatable bonds is 3. The van der Waals surface area contributed by atoms with Gasteiger partial charge in [0.25, 0.3) is 0 Å². The fourth-order valence-corrected chi connectivity index (χ4v) is 3.51. The SMILES string of the molecule is COC(=O)C1CC(c2cc(Cl)c(Cl)cc2OC)CCN1C(=O)OC(C)(C)C. The Morgan fingerprint density at radius 3 is 2.33 bits per heavy atom. The molecule has 0 aromatic heterocycles. The number of benzene rings is 1. The molecule has 2 rings (SSSR count). The molecule has 0 bridgehead atoms. The van der Waals surface area contributed by atoms with Gasteiger partial charge in [-0.2, -0.15) is 0 Å². The van der Waals surface area contributed by atoms with E-state index in [-0.39, 0.29) is 5.92 Å². The highest BCUT2D eigenvalue weighted by Crippen LogP contribution is 2.41. The molecule has 2 unspecified atom stereocenters. The highest BCUT2D eigenvalue weighted by atomic mass is 35.5. The van der Waals surface area contributed by atoms with Crippen LogP contribution in [0.1, 0.15) is 45.1 Å². The summed E-state index contributed by atoms with van der Waals surface area (Å²) in [4.78, 5) is 26.3. The van der Waals surface area contributed by atoms with Crippen LogP contribution in [0.3, 0.4) is 0 Å². The third-order valence-electron chi connectivity index (χ3n) is 4.42. The quantitative estimate of drug-likeness (QED) is 0.669. The maximum Gasteiger partial charge on any atom is 0.411 e. The van der Waals surface area contributed by atoms with E-state index in [0.29, 0.717) is 35.2 Å². The van der Waals surface area contributed by atoms with Crippen molar-refractivity contribution in [2.45, 2.75) is 51.2 Å². The minimum atomic E-state index is -0.747. The Morgan fingerprint density at radius 2 is 1.78 bits per heavy atom. The molecular weight excluding hydrogens is 393 g/mol. The van der Waals surface area contributed by atoms with Crippen molar-refractivity contribution in [3.63, 3.8) is 0 Å². The number of ether oxygens (including phenoxy) is 3. The van der Waals surface area contributed by atoms with Gasteiger partial charge in [0, 0.05) is 12.6 Å². The van der Waals surface area contributed by atoms with Gasteiger partial charge in [0.1, 0.15) is 17.4 Å². The minimum Gasteiger partial charge on any atom is -0.496 e. The van der Waals surface area contributed by atoms with Gasteiger partial charge in [0.15, 0.2) is 0 Å². The number of esters is 1. The van der Waals surface area contributed by atoms with E-state index < -0.39 is 23.7 Å².